The normalized spacial score (nSPS) is 10.8. The molecule has 0 spiro atoms. The number of pyridine rings is 1. The lowest BCUT2D eigenvalue weighted by Gasteiger charge is -2.08. The van der Waals surface area contributed by atoms with Crippen molar-refractivity contribution in [1.82, 2.24) is 9.99 Å². The number of ether oxygens (including phenoxy) is 1. The van der Waals surface area contributed by atoms with Crippen LogP contribution >= 0.6 is 11.6 Å². The van der Waals surface area contributed by atoms with Crippen LogP contribution in [0, 0.1) is 0 Å². The highest BCUT2D eigenvalue weighted by Gasteiger charge is 2.12. The number of carbonyl (C=O) groups is 1. The lowest BCUT2D eigenvalue weighted by molar-refractivity contribution is 0.0953. The first-order valence-electron chi connectivity index (χ1n) is 8.62. The molecule has 1 heterocycles. The Morgan fingerprint density at radius 1 is 1.24 bits per heavy atom. The molecule has 0 bridgehead atoms. The van der Waals surface area contributed by atoms with E-state index >= 15 is 0 Å². The first-order chi connectivity index (χ1) is 14.0. The zero-order chi connectivity index (χ0) is 20.8. The number of phenolic OH excluding ortho intramolecular Hbond substituents is 1. The Labute approximate surface area is 171 Å². The van der Waals surface area contributed by atoms with Crippen molar-refractivity contribution >= 4 is 23.7 Å². The summed E-state index contributed by atoms with van der Waals surface area (Å²) in [5.74, 6) is -0.345. The molecule has 0 saturated carbocycles. The molecule has 7 nitrogen and oxygen atoms in total. The summed E-state index contributed by atoms with van der Waals surface area (Å²) in [5, 5.41) is 14.0. The van der Waals surface area contributed by atoms with Gasteiger partial charge in [-0.05, 0) is 53.6 Å². The summed E-state index contributed by atoms with van der Waals surface area (Å²) < 4.78 is 6.44. The molecule has 3 aromatic rings. The van der Waals surface area contributed by atoms with E-state index < -0.39 is 11.5 Å². The first-order valence-corrected chi connectivity index (χ1v) is 9.00. The summed E-state index contributed by atoms with van der Waals surface area (Å²) in [4.78, 5) is 25.0. The smallest absolute Gasteiger partial charge is 0.276 e. The van der Waals surface area contributed by atoms with E-state index in [1.54, 1.807) is 42.6 Å². The van der Waals surface area contributed by atoms with Crippen LogP contribution in [0.25, 0.3) is 0 Å². The van der Waals surface area contributed by atoms with Gasteiger partial charge in [0.05, 0.1) is 19.9 Å². The third-order valence-electron chi connectivity index (χ3n) is 4.09. The van der Waals surface area contributed by atoms with Gasteiger partial charge in [0.2, 0.25) is 0 Å². The van der Waals surface area contributed by atoms with E-state index in [1.165, 1.54) is 30.0 Å². The summed E-state index contributed by atoms with van der Waals surface area (Å²) in [6.07, 6.45) is 2.99. The third-order valence-corrected chi connectivity index (χ3v) is 4.33. The Morgan fingerprint density at radius 3 is 2.83 bits per heavy atom. The maximum atomic E-state index is 12.6. The SMILES string of the molecule is COc1cc(/C=N\NC(=O)c2cccn(Cc3cccc(Cl)c3)c2=O)ccc1O. The van der Waals surface area contributed by atoms with Crippen LogP contribution in [-0.4, -0.2) is 28.9 Å². The van der Waals surface area contributed by atoms with Crippen LogP contribution in [0.2, 0.25) is 5.02 Å². The summed E-state index contributed by atoms with van der Waals surface area (Å²) >= 11 is 5.98. The zero-order valence-corrected chi connectivity index (χ0v) is 16.3. The first kappa shape index (κ1) is 20.2. The number of methoxy groups -OCH3 is 1. The molecule has 0 fully saturated rings. The molecule has 2 aromatic carbocycles. The van der Waals surface area contributed by atoms with Crippen LogP contribution in [0.5, 0.6) is 11.5 Å². The molecule has 29 heavy (non-hydrogen) atoms. The number of nitrogens with one attached hydrogen (secondary N) is 1. The molecule has 8 heteroatoms. The summed E-state index contributed by atoms with van der Waals surface area (Å²) in [6, 6.07) is 14.8. The molecule has 3 rings (SSSR count). The van der Waals surface area contributed by atoms with Crippen LogP contribution in [0.1, 0.15) is 21.5 Å². The molecule has 0 radical (unpaired) electrons. The van der Waals surface area contributed by atoms with E-state index in [0.29, 0.717) is 10.6 Å². The quantitative estimate of drug-likeness (QED) is 0.481. The number of phenols is 1. The van der Waals surface area contributed by atoms with Crippen molar-refractivity contribution in [2.24, 2.45) is 5.10 Å². The Bertz CT molecular complexity index is 1120. The van der Waals surface area contributed by atoms with Gasteiger partial charge in [-0.3, -0.25) is 9.59 Å². The minimum atomic E-state index is -0.627. The minimum Gasteiger partial charge on any atom is -0.504 e. The van der Waals surface area contributed by atoms with Crippen molar-refractivity contribution in [3.63, 3.8) is 0 Å². The number of halogens is 1. The summed E-state index contributed by atoms with van der Waals surface area (Å²) in [5.41, 5.74) is 3.31. The van der Waals surface area contributed by atoms with Gasteiger partial charge in [-0.15, -0.1) is 0 Å². The van der Waals surface area contributed by atoms with Gasteiger partial charge in [0, 0.05) is 11.2 Å². The monoisotopic (exact) mass is 411 g/mol. The number of benzene rings is 2. The van der Waals surface area contributed by atoms with Gasteiger partial charge >= 0.3 is 0 Å². The molecule has 0 saturated heterocycles. The predicted molar refractivity (Wildman–Crippen MR) is 111 cm³/mol. The van der Waals surface area contributed by atoms with Crippen molar-refractivity contribution in [2.75, 3.05) is 7.11 Å². The van der Waals surface area contributed by atoms with Crippen LogP contribution in [-0.2, 0) is 6.54 Å². The Hall–Kier alpha value is -3.58. The molecule has 1 aromatic heterocycles. The molecule has 0 aliphatic heterocycles. The number of aromatic nitrogens is 1. The van der Waals surface area contributed by atoms with Crippen molar-refractivity contribution in [3.05, 3.63) is 92.9 Å². The highest BCUT2D eigenvalue weighted by molar-refractivity contribution is 6.30. The molecule has 1 amide bonds. The van der Waals surface area contributed by atoms with Crippen molar-refractivity contribution in [2.45, 2.75) is 6.54 Å². The fraction of sp³-hybridized carbons (Fsp3) is 0.0952. The van der Waals surface area contributed by atoms with Crippen LogP contribution in [0.3, 0.4) is 0 Å². The predicted octanol–water partition coefficient (Wildman–Crippen LogP) is 3.03. The van der Waals surface area contributed by atoms with E-state index in [2.05, 4.69) is 10.5 Å². The average Bonchev–Trinajstić information content (AvgIpc) is 2.70. The molecular formula is C21H18ClN3O4. The number of hydrogen-bond donors (Lipinski definition) is 2. The molecule has 0 atom stereocenters. The number of aromatic hydroxyl groups is 1. The van der Waals surface area contributed by atoms with Crippen LogP contribution in [0.15, 0.2) is 70.7 Å². The Kier molecular flexibility index (Phi) is 6.31. The second-order valence-corrected chi connectivity index (χ2v) is 6.55. The number of hydrogen-bond acceptors (Lipinski definition) is 5. The van der Waals surface area contributed by atoms with E-state index in [4.69, 9.17) is 16.3 Å². The number of hydrazone groups is 1. The number of nitrogens with zero attached hydrogens (tertiary/aromatic N) is 2. The fourth-order valence-corrected chi connectivity index (χ4v) is 2.88. The summed E-state index contributed by atoms with van der Waals surface area (Å²) in [6.45, 7) is 0.289. The minimum absolute atomic E-state index is 0.00164. The lowest BCUT2D eigenvalue weighted by atomic mass is 10.2. The number of carbonyl (C=O) groups excluding carboxylic acids is 1. The highest BCUT2D eigenvalue weighted by atomic mass is 35.5. The van der Waals surface area contributed by atoms with E-state index in [-0.39, 0.29) is 23.6 Å². The van der Waals surface area contributed by atoms with Crippen LogP contribution < -0.4 is 15.7 Å². The molecule has 148 valence electrons. The van der Waals surface area contributed by atoms with Gasteiger partial charge in [0.1, 0.15) is 5.56 Å². The lowest BCUT2D eigenvalue weighted by Crippen LogP contribution is -2.30. The molecular weight excluding hydrogens is 394 g/mol. The van der Waals surface area contributed by atoms with Crippen molar-refractivity contribution < 1.29 is 14.6 Å². The van der Waals surface area contributed by atoms with Gasteiger partial charge in [0.25, 0.3) is 11.5 Å². The molecule has 2 N–H and O–H groups in total. The number of amides is 1. The highest BCUT2D eigenvalue weighted by Crippen LogP contribution is 2.25. The zero-order valence-electron chi connectivity index (χ0n) is 15.5. The van der Waals surface area contributed by atoms with Gasteiger partial charge in [-0.2, -0.15) is 5.10 Å². The molecule has 0 aliphatic carbocycles. The maximum Gasteiger partial charge on any atom is 0.276 e. The van der Waals surface area contributed by atoms with Gasteiger partial charge < -0.3 is 14.4 Å². The van der Waals surface area contributed by atoms with Crippen molar-refractivity contribution in [1.29, 1.82) is 0 Å². The molecule has 0 aliphatic rings. The van der Waals surface area contributed by atoms with E-state index in [0.717, 1.165) is 5.56 Å². The van der Waals surface area contributed by atoms with Gasteiger partial charge in [-0.25, -0.2) is 5.43 Å². The fourth-order valence-electron chi connectivity index (χ4n) is 2.67. The maximum absolute atomic E-state index is 12.6. The topological polar surface area (TPSA) is 92.9 Å². The third kappa shape index (κ3) is 5.03. The number of rotatable bonds is 6. The summed E-state index contributed by atoms with van der Waals surface area (Å²) in [7, 11) is 1.43. The average molecular weight is 412 g/mol. The van der Waals surface area contributed by atoms with Gasteiger partial charge in [0.15, 0.2) is 11.5 Å². The van der Waals surface area contributed by atoms with E-state index in [9.17, 15) is 14.7 Å². The second-order valence-electron chi connectivity index (χ2n) is 6.12. The van der Waals surface area contributed by atoms with E-state index in [1.807, 2.05) is 6.07 Å². The standard InChI is InChI=1S/C21H18ClN3O4/c1-29-19-11-14(7-8-18(19)26)12-23-24-20(27)17-6-3-9-25(21(17)28)13-15-4-2-5-16(22)10-15/h2-12,26H,13H2,1H3,(H,24,27)/b23-12-. The van der Waals surface area contributed by atoms with Crippen molar-refractivity contribution in [3.8, 4) is 11.5 Å². The second kappa shape index (κ2) is 9.07. The molecule has 0 unspecified atom stereocenters. The van der Waals surface area contributed by atoms with Crippen LogP contribution in [0.4, 0.5) is 0 Å². The largest absolute Gasteiger partial charge is 0.504 e. The Balaban J connectivity index is 1.73. The van der Waals surface area contributed by atoms with Gasteiger partial charge in [-0.1, -0.05) is 23.7 Å². The Morgan fingerprint density at radius 2 is 2.07 bits per heavy atom.